The Morgan fingerprint density at radius 2 is 1.62 bits per heavy atom. The number of halogens is 10. The molecule has 0 bridgehead atoms. The second-order valence-corrected chi connectivity index (χ2v) is 9.91. The molecule has 0 aliphatic heterocycles. The maximum atomic E-state index is 13.1. The van der Waals surface area contributed by atoms with Crippen LogP contribution < -0.4 is 5.32 Å². The lowest BCUT2D eigenvalue weighted by atomic mass is 10.0. The minimum absolute atomic E-state index is 0.00380. The number of carbonyl (C=O) groups is 2. The quantitative estimate of drug-likeness (QED) is 0.218. The average molecular weight is 567 g/mol. The van der Waals surface area contributed by atoms with Gasteiger partial charge in [0.15, 0.2) is 5.78 Å². The zero-order valence-electron chi connectivity index (χ0n) is 16.6. The van der Waals surface area contributed by atoms with Crippen molar-refractivity contribution in [1.29, 1.82) is 0 Å². The highest BCUT2D eigenvalue weighted by molar-refractivity contribution is 6.53. The largest absolute Gasteiger partial charge is 0.416 e. The van der Waals surface area contributed by atoms with Gasteiger partial charge in [0.1, 0.15) is 4.33 Å². The third kappa shape index (κ3) is 6.11. The predicted octanol–water partition coefficient (Wildman–Crippen LogP) is 8.06. The molecule has 1 saturated carbocycles. The molecule has 34 heavy (non-hydrogen) atoms. The van der Waals surface area contributed by atoms with Gasteiger partial charge in [0.2, 0.25) is 5.91 Å². The molecule has 2 aromatic carbocycles. The summed E-state index contributed by atoms with van der Waals surface area (Å²) in [6.45, 7) is 0. The number of anilines is 1. The van der Waals surface area contributed by atoms with E-state index in [0.717, 1.165) is 18.2 Å². The Balaban J connectivity index is 1.79. The van der Waals surface area contributed by atoms with E-state index in [0.29, 0.717) is 0 Å². The summed E-state index contributed by atoms with van der Waals surface area (Å²) < 4.78 is 74.8. The molecule has 184 valence electrons. The fourth-order valence-corrected chi connectivity index (χ4v) is 4.74. The minimum Gasteiger partial charge on any atom is -0.326 e. The predicted molar refractivity (Wildman–Crippen MR) is 117 cm³/mol. The van der Waals surface area contributed by atoms with Crippen LogP contribution in [0.4, 0.5) is 32.0 Å². The lowest BCUT2D eigenvalue weighted by Crippen LogP contribution is -2.17. The van der Waals surface area contributed by atoms with Crippen molar-refractivity contribution in [1.82, 2.24) is 0 Å². The zero-order valence-corrected chi connectivity index (χ0v) is 19.7. The van der Waals surface area contributed by atoms with Crippen LogP contribution in [0.3, 0.4) is 0 Å². The third-order valence-corrected chi connectivity index (χ3v) is 6.60. The summed E-state index contributed by atoms with van der Waals surface area (Å²) in [5.41, 5.74) is -1.25. The number of rotatable bonds is 6. The standard InChI is InChI=1S/C21H13Cl4F6NO2/c22-11-6-9(5-10(7-11)21(29,30)31)16-17(20(16,24)25)18(34)32-12-1-2-14(23)13(8-12)15(33)3-4-19(26,27)28/h1-2,5-8,16-17H,3-4H2,(H,32,34). The molecule has 1 aliphatic rings. The number of carbonyl (C=O) groups excluding carboxylic acids is 2. The molecule has 2 aromatic rings. The molecule has 13 heteroatoms. The second-order valence-electron chi connectivity index (χ2n) is 7.62. The first kappa shape index (κ1) is 26.9. The first-order valence-corrected chi connectivity index (χ1v) is 11.0. The number of alkyl halides is 8. The molecule has 0 heterocycles. The van der Waals surface area contributed by atoms with Gasteiger partial charge in [-0.2, -0.15) is 26.3 Å². The molecule has 2 unspecified atom stereocenters. The van der Waals surface area contributed by atoms with Crippen LogP contribution in [0.15, 0.2) is 36.4 Å². The van der Waals surface area contributed by atoms with Crippen LogP contribution in [0.2, 0.25) is 10.0 Å². The van der Waals surface area contributed by atoms with Gasteiger partial charge in [0, 0.05) is 28.6 Å². The van der Waals surface area contributed by atoms with Gasteiger partial charge in [0.25, 0.3) is 0 Å². The van der Waals surface area contributed by atoms with Crippen LogP contribution in [0.1, 0.15) is 40.2 Å². The molecule has 1 aliphatic carbocycles. The van der Waals surface area contributed by atoms with Crippen LogP contribution in [0, 0.1) is 5.92 Å². The Bertz CT molecular complexity index is 1130. The summed E-state index contributed by atoms with van der Waals surface area (Å²) in [5, 5.41) is 2.08. The van der Waals surface area contributed by atoms with Crippen molar-refractivity contribution in [2.75, 3.05) is 5.32 Å². The Kier molecular flexibility index (Phi) is 7.45. The van der Waals surface area contributed by atoms with Crippen molar-refractivity contribution in [3.63, 3.8) is 0 Å². The molecule has 0 aromatic heterocycles. The first-order valence-electron chi connectivity index (χ1n) is 9.46. The first-order chi connectivity index (χ1) is 15.5. The minimum atomic E-state index is -4.69. The highest BCUT2D eigenvalue weighted by Crippen LogP contribution is 2.65. The molecular weight excluding hydrogens is 554 g/mol. The van der Waals surface area contributed by atoms with E-state index < -0.39 is 58.6 Å². The van der Waals surface area contributed by atoms with Crippen LogP contribution >= 0.6 is 46.4 Å². The number of Topliss-reactive ketones (excluding diaryl/α,β-unsaturated/α-hetero) is 1. The maximum absolute atomic E-state index is 13.1. The van der Waals surface area contributed by atoms with Crippen LogP contribution in [-0.2, 0) is 11.0 Å². The summed E-state index contributed by atoms with van der Waals surface area (Å²) in [5.74, 6) is -3.85. The SMILES string of the molecule is O=C(CCC(F)(F)F)c1cc(NC(=O)C2C(c3cc(Cl)cc(C(F)(F)F)c3)C2(Cl)Cl)ccc1Cl. The fourth-order valence-electron chi connectivity index (χ4n) is 3.45. The smallest absolute Gasteiger partial charge is 0.326 e. The third-order valence-electron chi connectivity index (χ3n) is 5.11. The van der Waals surface area contributed by atoms with Crippen LogP contribution in [-0.4, -0.2) is 22.2 Å². The van der Waals surface area contributed by atoms with Crippen molar-refractivity contribution >= 4 is 63.8 Å². The highest BCUT2D eigenvalue weighted by atomic mass is 35.5. The Hall–Kier alpha value is -1.68. The average Bonchev–Trinajstić information content (AvgIpc) is 3.28. The Morgan fingerprint density at radius 1 is 0.971 bits per heavy atom. The number of ketones is 1. The molecule has 3 rings (SSSR count). The topological polar surface area (TPSA) is 46.2 Å². The van der Waals surface area contributed by atoms with E-state index in [1.165, 1.54) is 18.2 Å². The molecule has 0 spiro atoms. The number of amides is 1. The highest BCUT2D eigenvalue weighted by Gasteiger charge is 2.67. The summed E-state index contributed by atoms with van der Waals surface area (Å²) >= 11 is 24.1. The molecule has 0 radical (unpaired) electrons. The van der Waals surface area contributed by atoms with Crippen LogP contribution in [0.25, 0.3) is 0 Å². The number of hydrogen-bond acceptors (Lipinski definition) is 2. The van der Waals surface area contributed by atoms with E-state index in [2.05, 4.69) is 5.32 Å². The van der Waals surface area contributed by atoms with E-state index in [-0.39, 0.29) is 26.9 Å². The van der Waals surface area contributed by atoms with Gasteiger partial charge in [-0.1, -0.05) is 23.2 Å². The van der Waals surface area contributed by atoms with Crippen molar-refractivity contribution in [3.05, 3.63) is 63.1 Å². The number of benzene rings is 2. The maximum Gasteiger partial charge on any atom is 0.416 e. The van der Waals surface area contributed by atoms with Crippen molar-refractivity contribution in [2.24, 2.45) is 5.92 Å². The molecule has 1 amide bonds. The molecule has 1 N–H and O–H groups in total. The van der Waals surface area contributed by atoms with Crippen molar-refractivity contribution in [3.8, 4) is 0 Å². The van der Waals surface area contributed by atoms with E-state index in [4.69, 9.17) is 46.4 Å². The van der Waals surface area contributed by atoms with Gasteiger partial charge in [0.05, 0.1) is 22.9 Å². The van der Waals surface area contributed by atoms with Crippen LogP contribution in [0.5, 0.6) is 0 Å². The monoisotopic (exact) mass is 565 g/mol. The van der Waals surface area contributed by atoms with Gasteiger partial charge >= 0.3 is 12.4 Å². The van der Waals surface area contributed by atoms with E-state index >= 15 is 0 Å². The van der Waals surface area contributed by atoms with Gasteiger partial charge in [-0.3, -0.25) is 9.59 Å². The molecule has 0 saturated heterocycles. The molecular formula is C21H13Cl4F6NO2. The number of hydrogen-bond donors (Lipinski definition) is 1. The van der Waals surface area contributed by atoms with Gasteiger partial charge < -0.3 is 5.32 Å². The van der Waals surface area contributed by atoms with E-state index in [1.807, 2.05) is 0 Å². The van der Waals surface area contributed by atoms with Crippen molar-refractivity contribution < 1.29 is 35.9 Å². The summed E-state index contributed by atoms with van der Waals surface area (Å²) in [6.07, 6.45) is -11.4. The second kappa shape index (κ2) is 9.41. The van der Waals surface area contributed by atoms with Gasteiger partial charge in [-0.05, 0) is 42.0 Å². The molecule has 3 nitrogen and oxygen atoms in total. The van der Waals surface area contributed by atoms with Gasteiger partial charge in [-0.25, -0.2) is 0 Å². The summed E-state index contributed by atoms with van der Waals surface area (Å²) in [7, 11) is 0. The normalized spacial score (nSPS) is 19.6. The lowest BCUT2D eigenvalue weighted by Gasteiger charge is -2.11. The number of nitrogens with one attached hydrogen (secondary N) is 1. The van der Waals surface area contributed by atoms with E-state index in [1.54, 1.807) is 0 Å². The fraction of sp³-hybridized carbons (Fsp3) is 0.333. The Labute approximate surface area is 209 Å². The van der Waals surface area contributed by atoms with Gasteiger partial charge in [-0.15, -0.1) is 23.2 Å². The van der Waals surface area contributed by atoms with E-state index in [9.17, 15) is 35.9 Å². The van der Waals surface area contributed by atoms with Crippen molar-refractivity contribution in [2.45, 2.75) is 35.4 Å². The Morgan fingerprint density at radius 3 is 2.21 bits per heavy atom. The summed E-state index contributed by atoms with van der Waals surface area (Å²) in [4.78, 5) is 24.9. The molecule has 2 atom stereocenters. The summed E-state index contributed by atoms with van der Waals surface area (Å²) in [6, 6.07) is 6.34. The lowest BCUT2D eigenvalue weighted by molar-refractivity contribution is -0.137. The zero-order chi connectivity index (χ0) is 25.6. The molecule has 1 fully saturated rings.